The second-order valence-electron chi connectivity index (χ2n) is 2.20. The predicted molar refractivity (Wildman–Crippen MR) is 35.3 cm³/mol. The van der Waals surface area contributed by atoms with E-state index in [2.05, 4.69) is 12.2 Å². The molecule has 3 heteroatoms. The van der Waals surface area contributed by atoms with E-state index in [4.69, 9.17) is 9.90 Å². The van der Waals surface area contributed by atoms with Gasteiger partial charge in [0.1, 0.15) is 0 Å². The second-order valence-corrected chi connectivity index (χ2v) is 2.20. The molecule has 0 spiro atoms. The van der Waals surface area contributed by atoms with Crippen LogP contribution >= 0.6 is 0 Å². The maximum absolute atomic E-state index is 8.36. The lowest BCUT2D eigenvalue weighted by Gasteiger charge is -1.90. The van der Waals surface area contributed by atoms with Crippen LogP contribution in [0.25, 0.3) is 0 Å². The standard InChI is InChI=1S/C5H11N.CH2O2/c1-5-2-3-6-4-5;2-1-3/h5-6H,2-4H2,1H3;1H,(H,2,3)/t5-;/m0./s1. The van der Waals surface area contributed by atoms with Gasteiger partial charge < -0.3 is 10.4 Å². The molecule has 0 aliphatic carbocycles. The molecule has 0 radical (unpaired) electrons. The largest absolute Gasteiger partial charge is 0.483 e. The van der Waals surface area contributed by atoms with E-state index in [9.17, 15) is 0 Å². The minimum absolute atomic E-state index is 0.250. The van der Waals surface area contributed by atoms with Gasteiger partial charge in [0.05, 0.1) is 0 Å². The van der Waals surface area contributed by atoms with Gasteiger partial charge in [-0.15, -0.1) is 0 Å². The van der Waals surface area contributed by atoms with Crippen molar-refractivity contribution in [2.24, 2.45) is 5.92 Å². The van der Waals surface area contributed by atoms with Crippen LogP contribution in [0, 0.1) is 5.92 Å². The van der Waals surface area contributed by atoms with Crippen LogP contribution in [0.5, 0.6) is 0 Å². The third kappa shape index (κ3) is 5.30. The van der Waals surface area contributed by atoms with Gasteiger partial charge in [-0.05, 0) is 25.4 Å². The molecule has 1 aliphatic heterocycles. The highest BCUT2D eigenvalue weighted by atomic mass is 16.3. The van der Waals surface area contributed by atoms with Crippen LogP contribution < -0.4 is 5.32 Å². The van der Waals surface area contributed by atoms with Crippen molar-refractivity contribution in [1.29, 1.82) is 0 Å². The van der Waals surface area contributed by atoms with Crippen molar-refractivity contribution in [2.75, 3.05) is 13.1 Å². The van der Waals surface area contributed by atoms with E-state index in [1.165, 1.54) is 19.5 Å². The summed E-state index contributed by atoms with van der Waals surface area (Å²) in [5, 5.41) is 10.2. The molecule has 0 saturated carbocycles. The second kappa shape index (κ2) is 5.56. The Bertz CT molecular complexity index is 69.5. The summed E-state index contributed by atoms with van der Waals surface area (Å²) in [4.78, 5) is 8.36. The Labute approximate surface area is 55.1 Å². The zero-order valence-electron chi connectivity index (χ0n) is 5.63. The van der Waals surface area contributed by atoms with Gasteiger partial charge in [0.25, 0.3) is 6.47 Å². The number of rotatable bonds is 0. The fourth-order valence-corrected chi connectivity index (χ4v) is 0.799. The van der Waals surface area contributed by atoms with E-state index < -0.39 is 0 Å². The molecule has 1 fully saturated rings. The van der Waals surface area contributed by atoms with E-state index >= 15 is 0 Å². The van der Waals surface area contributed by atoms with Gasteiger partial charge in [-0.2, -0.15) is 0 Å². The van der Waals surface area contributed by atoms with Crippen molar-refractivity contribution < 1.29 is 9.90 Å². The topological polar surface area (TPSA) is 49.3 Å². The summed E-state index contributed by atoms with van der Waals surface area (Å²) in [5.41, 5.74) is 0. The maximum Gasteiger partial charge on any atom is 0.290 e. The zero-order valence-corrected chi connectivity index (χ0v) is 5.63. The Morgan fingerprint density at radius 1 is 1.78 bits per heavy atom. The first-order chi connectivity index (χ1) is 4.31. The van der Waals surface area contributed by atoms with Crippen LogP contribution in [0.1, 0.15) is 13.3 Å². The van der Waals surface area contributed by atoms with Gasteiger partial charge in [-0.1, -0.05) is 6.92 Å². The summed E-state index contributed by atoms with van der Waals surface area (Å²) < 4.78 is 0. The van der Waals surface area contributed by atoms with Gasteiger partial charge in [-0.3, -0.25) is 4.79 Å². The minimum atomic E-state index is -0.250. The normalized spacial score (nSPS) is 24.3. The van der Waals surface area contributed by atoms with Crippen LogP contribution in [0.2, 0.25) is 0 Å². The summed E-state index contributed by atoms with van der Waals surface area (Å²) in [6, 6.07) is 0. The van der Waals surface area contributed by atoms with Crippen molar-refractivity contribution in [3.63, 3.8) is 0 Å². The molecular weight excluding hydrogens is 118 g/mol. The molecule has 3 nitrogen and oxygen atoms in total. The van der Waals surface area contributed by atoms with Crippen molar-refractivity contribution in [3.05, 3.63) is 0 Å². The number of carboxylic acid groups (broad SMARTS) is 1. The molecule has 0 aromatic rings. The lowest BCUT2D eigenvalue weighted by Crippen LogP contribution is -2.06. The Kier molecular flexibility index (Phi) is 5.21. The Morgan fingerprint density at radius 2 is 2.33 bits per heavy atom. The first kappa shape index (κ1) is 8.43. The summed E-state index contributed by atoms with van der Waals surface area (Å²) in [6.07, 6.45) is 1.38. The van der Waals surface area contributed by atoms with Crippen LogP contribution in [-0.4, -0.2) is 24.7 Å². The van der Waals surface area contributed by atoms with Gasteiger partial charge in [0.15, 0.2) is 0 Å². The smallest absolute Gasteiger partial charge is 0.290 e. The van der Waals surface area contributed by atoms with Crippen molar-refractivity contribution >= 4 is 6.47 Å². The fraction of sp³-hybridized carbons (Fsp3) is 0.833. The highest BCUT2D eigenvalue weighted by Crippen LogP contribution is 2.03. The predicted octanol–water partition coefficient (Wildman–Crippen LogP) is 0.317. The van der Waals surface area contributed by atoms with Crippen LogP contribution in [-0.2, 0) is 4.79 Å². The summed E-state index contributed by atoms with van der Waals surface area (Å²) in [6.45, 7) is 4.50. The van der Waals surface area contributed by atoms with Crippen LogP contribution in [0.3, 0.4) is 0 Å². The van der Waals surface area contributed by atoms with Gasteiger partial charge in [-0.25, -0.2) is 0 Å². The quantitative estimate of drug-likeness (QED) is 0.465. The number of hydrogen-bond acceptors (Lipinski definition) is 2. The summed E-state index contributed by atoms with van der Waals surface area (Å²) in [7, 11) is 0. The van der Waals surface area contributed by atoms with Gasteiger partial charge >= 0.3 is 0 Å². The molecule has 1 heterocycles. The average molecular weight is 131 g/mol. The molecule has 0 bridgehead atoms. The molecule has 0 aromatic heterocycles. The first-order valence-corrected chi connectivity index (χ1v) is 3.09. The lowest BCUT2D eigenvalue weighted by molar-refractivity contribution is -0.122. The summed E-state index contributed by atoms with van der Waals surface area (Å²) >= 11 is 0. The molecule has 54 valence electrons. The van der Waals surface area contributed by atoms with E-state index in [0.29, 0.717) is 0 Å². The van der Waals surface area contributed by atoms with E-state index in [1.807, 2.05) is 0 Å². The van der Waals surface area contributed by atoms with Crippen molar-refractivity contribution in [1.82, 2.24) is 5.32 Å². The molecule has 0 amide bonds. The van der Waals surface area contributed by atoms with Crippen molar-refractivity contribution in [3.8, 4) is 0 Å². The molecule has 9 heavy (non-hydrogen) atoms. The SMILES string of the molecule is C[C@H]1CCNC1.O=CO. The number of nitrogens with one attached hydrogen (secondary N) is 1. The Morgan fingerprint density at radius 3 is 2.44 bits per heavy atom. The highest BCUT2D eigenvalue weighted by Gasteiger charge is 2.06. The van der Waals surface area contributed by atoms with Crippen LogP contribution in [0.15, 0.2) is 0 Å². The molecule has 1 rings (SSSR count). The number of carbonyl (C=O) groups is 1. The monoisotopic (exact) mass is 131 g/mol. The van der Waals surface area contributed by atoms with E-state index in [0.717, 1.165) is 5.92 Å². The van der Waals surface area contributed by atoms with E-state index in [-0.39, 0.29) is 6.47 Å². The fourth-order valence-electron chi connectivity index (χ4n) is 0.799. The molecule has 1 atom stereocenters. The molecule has 0 aromatic carbocycles. The average Bonchev–Trinajstić information content (AvgIpc) is 2.20. The molecule has 0 unspecified atom stereocenters. The molecular formula is C6H13NO2. The van der Waals surface area contributed by atoms with Gasteiger partial charge in [0.2, 0.25) is 0 Å². The maximum atomic E-state index is 8.36. The Hall–Kier alpha value is -0.570. The highest BCUT2D eigenvalue weighted by molar-refractivity contribution is 5.32. The third-order valence-corrected chi connectivity index (χ3v) is 1.31. The number of hydrogen-bond donors (Lipinski definition) is 2. The Balaban J connectivity index is 0.000000187. The summed E-state index contributed by atoms with van der Waals surface area (Å²) in [5.74, 6) is 0.935. The van der Waals surface area contributed by atoms with Gasteiger partial charge in [0, 0.05) is 0 Å². The molecule has 1 saturated heterocycles. The third-order valence-electron chi connectivity index (χ3n) is 1.31. The van der Waals surface area contributed by atoms with Crippen LogP contribution in [0.4, 0.5) is 0 Å². The molecule has 1 aliphatic rings. The molecule has 2 N–H and O–H groups in total. The van der Waals surface area contributed by atoms with Crippen molar-refractivity contribution in [2.45, 2.75) is 13.3 Å². The lowest BCUT2D eigenvalue weighted by atomic mass is 10.2. The first-order valence-electron chi connectivity index (χ1n) is 3.09. The minimum Gasteiger partial charge on any atom is -0.483 e. The van der Waals surface area contributed by atoms with E-state index in [1.54, 1.807) is 0 Å². The zero-order chi connectivity index (χ0) is 7.11.